The van der Waals surface area contributed by atoms with Crippen LogP contribution in [0.15, 0.2) is 18.2 Å². The van der Waals surface area contributed by atoms with Crippen LogP contribution in [0.2, 0.25) is 0 Å². The minimum Gasteiger partial charge on any atom is -0.306 e. The zero-order valence-corrected chi connectivity index (χ0v) is 13.1. The number of piperidine rings is 1. The number of rotatable bonds is 2. The van der Waals surface area contributed by atoms with Gasteiger partial charge in [0.1, 0.15) is 0 Å². The molecule has 3 nitrogen and oxygen atoms in total. The summed E-state index contributed by atoms with van der Waals surface area (Å²) in [5.41, 5.74) is 4.00. The Labute approximate surface area is 121 Å². The van der Waals surface area contributed by atoms with Gasteiger partial charge in [-0.05, 0) is 56.6 Å². The van der Waals surface area contributed by atoms with E-state index in [-0.39, 0.29) is 0 Å². The Morgan fingerprint density at radius 2 is 1.85 bits per heavy atom. The number of hydrogen-bond donors (Lipinski definition) is 0. The molecule has 1 saturated heterocycles. The van der Waals surface area contributed by atoms with E-state index in [1.54, 1.807) is 0 Å². The van der Waals surface area contributed by atoms with E-state index in [1.165, 1.54) is 48.1 Å². The largest absolute Gasteiger partial charge is 0.306 e. The van der Waals surface area contributed by atoms with Crippen LogP contribution in [-0.4, -0.2) is 34.8 Å². The van der Waals surface area contributed by atoms with Crippen LogP contribution in [0, 0.1) is 0 Å². The maximum atomic E-state index is 4.84. The Bertz CT molecular complexity index is 604. The number of hydrogen-bond acceptors (Lipinski definition) is 2. The molecular weight excluding hydrogens is 246 g/mol. The zero-order valence-electron chi connectivity index (χ0n) is 13.1. The second-order valence-electron chi connectivity index (χ2n) is 6.52. The topological polar surface area (TPSA) is 21.1 Å². The minimum absolute atomic E-state index is 0.574. The van der Waals surface area contributed by atoms with E-state index in [9.17, 15) is 0 Å². The van der Waals surface area contributed by atoms with Crippen LogP contribution in [0.5, 0.6) is 0 Å². The summed E-state index contributed by atoms with van der Waals surface area (Å²) in [5, 5.41) is 6.21. The molecule has 2 heterocycles. The van der Waals surface area contributed by atoms with Crippen LogP contribution in [0.4, 0.5) is 0 Å². The first-order chi connectivity index (χ1) is 9.56. The van der Waals surface area contributed by atoms with Crippen molar-refractivity contribution in [1.29, 1.82) is 0 Å². The Morgan fingerprint density at radius 1 is 1.15 bits per heavy atom. The lowest BCUT2D eigenvalue weighted by Gasteiger charge is -2.28. The first kappa shape index (κ1) is 13.6. The Morgan fingerprint density at radius 3 is 2.50 bits per heavy atom. The van der Waals surface area contributed by atoms with Crippen molar-refractivity contribution in [2.45, 2.75) is 38.5 Å². The normalized spacial score (nSPS) is 18.2. The van der Waals surface area contributed by atoms with Gasteiger partial charge < -0.3 is 4.90 Å². The summed E-state index contributed by atoms with van der Waals surface area (Å²) in [7, 11) is 4.28. The van der Waals surface area contributed by atoms with Crippen molar-refractivity contribution in [3.05, 3.63) is 29.5 Å². The van der Waals surface area contributed by atoms with Gasteiger partial charge in [-0.25, -0.2) is 0 Å². The molecule has 1 aliphatic rings. The molecule has 0 saturated carbocycles. The van der Waals surface area contributed by atoms with E-state index in [2.05, 4.69) is 51.0 Å². The Balaban J connectivity index is 2.03. The minimum atomic E-state index is 0.574. The van der Waals surface area contributed by atoms with Crippen molar-refractivity contribution in [2.24, 2.45) is 7.05 Å². The van der Waals surface area contributed by atoms with E-state index in [0.717, 1.165) is 0 Å². The fraction of sp³-hybridized carbons (Fsp3) is 0.588. The third-order valence-electron chi connectivity index (χ3n) is 4.67. The van der Waals surface area contributed by atoms with Crippen molar-refractivity contribution in [3.8, 4) is 0 Å². The van der Waals surface area contributed by atoms with Crippen LogP contribution in [0.1, 0.15) is 49.8 Å². The van der Waals surface area contributed by atoms with Crippen LogP contribution >= 0.6 is 0 Å². The molecule has 3 heteroatoms. The molecule has 3 rings (SSSR count). The van der Waals surface area contributed by atoms with Gasteiger partial charge in [-0.3, -0.25) is 4.68 Å². The Kier molecular flexibility index (Phi) is 3.55. The summed E-state index contributed by atoms with van der Waals surface area (Å²) >= 11 is 0. The van der Waals surface area contributed by atoms with Gasteiger partial charge in [0.25, 0.3) is 0 Å². The molecule has 0 aliphatic carbocycles. The molecule has 1 fully saturated rings. The second-order valence-corrected chi connectivity index (χ2v) is 6.52. The van der Waals surface area contributed by atoms with Gasteiger partial charge in [-0.1, -0.05) is 19.9 Å². The summed E-state index contributed by atoms with van der Waals surface area (Å²) in [5.74, 6) is 1.20. The molecule has 1 aromatic carbocycles. The van der Waals surface area contributed by atoms with E-state index >= 15 is 0 Å². The van der Waals surface area contributed by atoms with Crippen LogP contribution in [0.25, 0.3) is 10.9 Å². The lowest BCUT2D eigenvalue weighted by atomic mass is 9.91. The molecule has 0 spiro atoms. The van der Waals surface area contributed by atoms with Crippen molar-refractivity contribution in [1.82, 2.24) is 14.7 Å². The number of likely N-dealkylation sites (tertiary alicyclic amines) is 1. The molecule has 0 amide bonds. The summed E-state index contributed by atoms with van der Waals surface area (Å²) in [6, 6.07) is 6.84. The number of aromatic nitrogens is 2. The summed E-state index contributed by atoms with van der Waals surface area (Å²) < 4.78 is 2.05. The molecule has 20 heavy (non-hydrogen) atoms. The quantitative estimate of drug-likeness (QED) is 0.833. The number of fused-ring (bicyclic) bond motifs is 1. The molecule has 1 aliphatic heterocycles. The first-order valence-corrected chi connectivity index (χ1v) is 7.71. The molecule has 0 radical (unpaired) electrons. The van der Waals surface area contributed by atoms with Gasteiger partial charge >= 0.3 is 0 Å². The summed E-state index contributed by atoms with van der Waals surface area (Å²) in [6.07, 6.45) is 2.46. The summed E-state index contributed by atoms with van der Waals surface area (Å²) in [4.78, 5) is 2.42. The maximum absolute atomic E-state index is 4.84. The second kappa shape index (κ2) is 5.21. The fourth-order valence-electron chi connectivity index (χ4n) is 3.25. The lowest BCUT2D eigenvalue weighted by Crippen LogP contribution is -2.29. The van der Waals surface area contributed by atoms with E-state index in [0.29, 0.717) is 11.8 Å². The van der Waals surface area contributed by atoms with Crippen molar-refractivity contribution < 1.29 is 0 Å². The van der Waals surface area contributed by atoms with Crippen LogP contribution < -0.4 is 0 Å². The molecule has 0 atom stereocenters. The van der Waals surface area contributed by atoms with E-state index in [1.807, 2.05) is 4.68 Å². The first-order valence-electron chi connectivity index (χ1n) is 7.71. The standard InChI is InChI=1S/C17H25N3/c1-12(2)14-5-6-16-15(11-14)17(18-20(16)4)13-7-9-19(3)10-8-13/h5-6,11-13H,7-10H2,1-4H3. The zero-order chi connectivity index (χ0) is 14.3. The van der Waals surface area contributed by atoms with E-state index in [4.69, 9.17) is 5.10 Å². The van der Waals surface area contributed by atoms with Crippen molar-refractivity contribution in [2.75, 3.05) is 20.1 Å². The fourth-order valence-corrected chi connectivity index (χ4v) is 3.25. The molecule has 1 aromatic heterocycles. The average Bonchev–Trinajstić information content (AvgIpc) is 2.76. The molecule has 108 valence electrons. The van der Waals surface area contributed by atoms with Crippen LogP contribution in [-0.2, 0) is 7.05 Å². The molecule has 2 aromatic rings. The predicted octanol–water partition coefficient (Wildman–Crippen LogP) is 3.51. The highest BCUT2D eigenvalue weighted by Gasteiger charge is 2.23. The monoisotopic (exact) mass is 271 g/mol. The maximum Gasteiger partial charge on any atom is 0.0735 e. The Hall–Kier alpha value is -1.35. The SMILES string of the molecule is CC(C)c1ccc2c(c1)c(C1CCN(C)CC1)nn2C. The number of nitrogens with zero attached hydrogens (tertiary/aromatic N) is 3. The number of aryl methyl sites for hydroxylation is 1. The highest BCUT2D eigenvalue weighted by Crippen LogP contribution is 2.33. The van der Waals surface area contributed by atoms with Crippen molar-refractivity contribution in [3.63, 3.8) is 0 Å². The molecule has 0 unspecified atom stereocenters. The van der Waals surface area contributed by atoms with Gasteiger partial charge in [0, 0.05) is 18.4 Å². The predicted molar refractivity (Wildman–Crippen MR) is 84.3 cm³/mol. The van der Waals surface area contributed by atoms with Gasteiger partial charge in [0.05, 0.1) is 11.2 Å². The number of benzene rings is 1. The molecule has 0 bridgehead atoms. The molecular formula is C17H25N3. The van der Waals surface area contributed by atoms with Gasteiger partial charge in [-0.2, -0.15) is 5.10 Å². The van der Waals surface area contributed by atoms with Gasteiger partial charge in [0.15, 0.2) is 0 Å². The lowest BCUT2D eigenvalue weighted by molar-refractivity contribution is 0.253. The third kappa shape index (κ3) is 2.35. The van der Waals surface area contributed by atoms with Gasteiger partial charge in [0.2, 0.25) is 0 Å². The average molecular weight is 271 g/mol. The van der Waals surface area contributed by atoms with E-state index < -0.39 is 0 Å². The third-order valence-corrected chi connectivity index (χ3v) is 4.67. The highest BCUT2D eigenvalue weighted by molar-refractivity contribution is 5.83. The van der Waals surface area contributed by atoms with Crippen LogP contribution in [0.3, 0.4) is 0 Å². The molecule has 0 N–H and O–H groups in total. The highest BCUT2D eigenvalue weighted by atomic mass is 15.3. The van der Waals surface area contributed by atoms with Crippen molar-refractivity contribution >= 4 is 10.9 Å². The van der Waals surface area contributed by atoms with Gasteiger partial charge in [-0.15, -0.1) is 0 Å². The smallest absolute Gasteiger partial charge is 0.0735 e. The summed E-state index contributed by atoms with van der Waals surface area (Å²) in [6.45, 7) is 6.89.